The van der Waals surface area contributed by atoms with Gasteiger partial charge in [0, 0.05) is 24.7 Å². The van der Waals surface area contributed by atoms with Crippen LogP contribution in [0.1, 0.15) is 37.4 Å². The van der Waals surface area contributed by atoms with Gasteiger partial charge in [-0.3, -0.25) is 4.79 Å². The summed E-state index contributed by atoms with van der Waals surface area (Å²) >= 11 is 1.72. The lowest BCUT2D eigenvalue weighted by Gasteiger charge is -2.14. The van der Waals surface area contributed by atoms with Crippen molar-refractivity contribution >= 4 is 22.9 Å². The van der Waals surface area contributed by atoms with E-state index >= 15 is 0 Å². The molecule has 1 aromatic carbocycles. The number of amides is 1. The van der Waals surface area contributed by atoms with Crippen molar-refractivity contribution in [1.82, 2.24) is 5.32 Å². The number of benzene rings is 1. The van der Waals surface area contributed by atoms with Crippen molar-refractivity contribution in [3.8, 4) is 0 Å². The SMILES string of the molecule is CCC(=O)Nc1ccc([C@@H](C)NCc2ccsc2)cc1. The molecule has 2 N–H and O–H groups in total. The summed E-state index contributed by atoms with van der Waals surface area (Å²) in [4.78, 5) is 11.3. The van der Waals surface area contributed by atoms with E-state index in [1.807, 2.05) is 19.1 Å². The van der Waals surface area contributed by atoms with E-state index in [0.717, 1.165) is 12.2 Å². The molecule has 0 aliphatic carbocycles. The second-order valence-electron chi connectivity index (χ2n) is 4.76. The van der Waals surface area contributed by atoms with Gasteiger partial charge in [-0.2, -0.15) is 11.3 Å². The van der Waals surface area contributed by atoms with Gasteiger partial charge in [-0.05, 0) is 47.0 Å². The molecule has 0 spiro atoms. The molecule has 2 aromatic rings. The molecule has 0 aliphatic rings. The molecule has 106 valence electrons. The number of hydrogen-bond donors (Lipinski definition) is 2. The van der Waals surface area contributed by atoms with Crippen LogP contribution in [0.25, 0.3) is 0 Å². The molecular weight excluding hydrogens is 268 g/mol. The molecule has 1 aromatic heterocycles. The molecule has 20 heavy (non-hydrogen) atoms. The van der Waals surface area contributed by atoms with E-state index < -0.39 is 0 Å². The average Bonchev–Trinajstić information content (AvgIpc) is 2.98. The van der Waals surface area contributed by atoms with Crippen LogP contribution in [0.2, 0.25) is 0 Å². The van der Waals surface area contributed by atoms with Crippen LogP contribution in [0.15, 0.2) is 41.1 Å². The quantitative estimate of drug-likeness (QED) is 0.845. The number of carbonyl (C=O) groups excluding carboxylic acids is 1. The number of anilines is 1. The van der Waals surface area contributed by atoms with Gasteiger partial charge >= 0.3 is 0 Å². The van der Waals surface area contributed by atoms with E-state index in [4.69, 9.17) is 0 Å². The topological polar surface area (TPSA) is 41.1 Å². The fraction of sp³-hybridized carbons (Fsp3) is 0.312. The first-order chi connectivity index (χ1) is 9.69. The zero-order chi connectivity index (χ0) is 14.4. The van der Waals surface area contributed by atoms with Gasteiger partial charge in [0.25, 0.3) is 0 Å². The van der Waals surface area contributed by atoms with Gasteiger partial charge in [-0.1, -0.05) is 19.1 Å². The van der Waals surface area contributed by atoms with Crippen LogP contribution in [0, 0.1) is 0 Å². The minimum atomic E-state index is 0.0429. The highest BCUT2D eigenvalue weighted by atomic mass is 32.1. The zero-order valence-electron chi connectivity index (χ0n) is 11.8. The van der Waals surface area contributed by atoms with Gasteiger partial charge in [-0.15, -0.1) is 0 Å². The lowest BCUT2D eigenvalue weighted by Crippen LogP contribution is -2.17. The van der Waals surface area contributed by atoms with Crippen LogP contribution in [0.5, 0.6) is 0 Å². The van der Waals surface area contributed by atoms with Crippen molar-refractivity contribution in [3.05, 3.63) is 52.2 Å². The Kier molecular flexibility index (Phi) is 5.32. The Bertz CT molecular complexity index is 534. The third kappa shape index (κ3) is 4.18. The van der Waals surface area contributed by atoms with E-state index in [1.165, 1.54) is 11.1 Å². The molecule has 1 amide bonds. The van der Waals surface area contributed by atoms with Crippen molar-refractivity contribution in [2.45, 2.75) is 32.9 Å². The number of thiophene rings is 1. The standard InChI is InChI=1S/C16H20N2OS/c1-3-16(19)18-15-6-4-14(5-7-15)12(2)17-10-13-8-9-20-11-13/h4-9,11-12,17H,3,10H2,1-2H3,(H,18,19)/t12-/m1/s1. The summed E-state index contributed by atoms with van der Waals surface area (Å²) in [5.41, 5.74) is 3.38. The smallest absolute Gasteiger partial charge is 0.224 e. The molecule has 0 aliphatic heterocycles. The summed E-state index contributed by atoms with van der Waals surface area (Å²) in [7, 11) is 0. The Balaban J connectivity index is 1.90. The maximum absolute atomic E-state index is 11.3. The molecule has 0 bridgehead atoms. The predicted molar refractivity (Wildman–Crippen MR) is 84.9 cm³/mol. The predicted octanol–water partition coefficient (Wildman–Crippen LogP) is 3.95. The highest BCUT2D eigenvalue weighted by molar-refractivity contribution is 7.07. The Morgan fingerprint density at radius 1 is 1.25 bits per heavy atom. The molecule has 0 fully saturated rings. The summed E-state index contributed by atoms with van der Waals surface area (Å²) in [6, 6.07) is 10.4. The fourth-order valence-corrected chi connectivity index (χ4v) is 2.56. The summed E-state index contributed by atoms with van der Waals surface area (Å²) in [6.07, 6.45) is 0.500. The minimum absolute atomic E-state index is 0.0429. The Morgan fingerprint density at radius 2 is 2.00 bits per heavy atom. The number of carbonyl (C=O) groups is 1. The maximum atomic E-state index is 11.3. The zero-order valence-corrected chi connectivity index (χ0v) is 12.7. The minimum Gasteiger partial charge on any atom is -0.326 e. The van der Waals surface area contributed by atoms with Crippen molar-refractivity contribution in [1.29, 1.82) is 0 Å². The van der Waals surface area contributed by atoms with Gasteiger partial charge in [-0.25, -0.2) is 0 Å². The second kappa shape index (κ2) is 7.22. The van der Waals surface area contributed by atoms with E-state index in [1.54, 1.807) is 11.3 Å². The number of nitrogens with one attached hydrogen (secondary N) is 2. The van der Waals surface area contributed by atoms with Crippen molar-refractivity contribution < 1.29 is 4.79 Å². The van der Waals surface area contributed by atoms with E-state index in [2.05, 4.69) is 46.5 Å². The molecule has 0 unspecified atom stereocenters. The normalized spacial score (nSPS) is 12.1. The summed E-state index contributed by atoms with van der Waals surface area (Å²) in [6.45, 7) is 4.87. The first-order valence-electron chi connectivity index (χ1n) is 6.83. The van der Waals surface area contributed by atoms with Gasteiger partial charge in [0.05, 0.1) is 0 Å². The van der Waals surface area contributed by atoms with Crippen LogP contribution < -0.4 is 10.6 Å². The van der Waals surface area contributed by atoms with E-state index in [0.29, 0.717) is 6.42 Å². The third-order valence-electron chi connectivity index (χ3n) is 3.21. The molecular formula is C16H20N2OS. The summed E-state index contributed by atoms with van der Waals surface area (Å²) < 4.78 is 0. The fourth-order valence-electron chi connectivity index (χ4n) is 1.89. The number of rotatable bonds is 6. The van der Waals surface area contributed by atoms with Crippen LogP contribution in [-0.2, 0) is 11.3 Å². The highest BCUT2D eigenvalue weighted by Gasteiger charge is 2.05. The molecule has 2 rings (SSSR count). The van der Waals surface area contributed by atoms with Crippen molar-refractivity contribution in [2.75, 3.05) is 5.32 Å². The molecule has 3 nitrogen and oxygen atoms in total. The molecule has 0 saturated carbocycles. The van der Waals surface area contributed by atoms with E-state index in [-0.39, 0.29) is 11.9 Å². The maximum Gasteiger partial charge on any atom is 0.224 e. The summed E-state index contributed by atoms with van der Waals surface area (Å²) in [5, 5.41) is 10.6. The molecule has 0 saturated heterocycles. The van der Waals surface area contributed by atoms with Crippen molar-refractivity contribution in [2.24, 2.45) is 0 Å². The van der Waals surface area contributed by atoms with Crippen LogP contribution >= 0.6 is 11.3 Å². The lowest BCUT2D eigenvalue weighted by atomic mass is 10.1. The molecule has 1 heterocycles. The Hall–Kier alpha value is -1.65. The van der Waals surface area contributed by atoms with Crippen LogP contribution in [0.3, 0.4) is 0 Å². The Morgan fingerprint density at radius 3 is 2.60 bits per heavy atom. The molecule has 0 radical (unpaired) electrons. The first-order valence-corrected chi connectivity index (χ1v) is 7.77. The lowest BCUT2D eigenvalue weighted by molar-refractivity contribution is -0.115. The first kappa shape index (κ1) is 14.8. The molecule has 4 heteroatoms. The summed E-state index contributed by atoms with van der Waals surface area (Å²) in [5.74, 6) is 0.0429. The third-order valence-corrected chi connectivity index (χ3v) is 3.94. The second-order valence-corrected chi connectivity index (χ2v) is 5.54. The largest absolute Gasteiger partial charge is 0.326 e. The number of hydrogen-bond acceptors (Lipinski definition) is 3. The van der Waals surface area contributed by atoms with Gasteiger partial charge in [0.2, 0.25) is 5.91 Å². The van der Waals surface area contributed by atoms with Crippen LogP contribution in [0.4, 0.5) is 5.69 Å². The average molecular weight is 288 g/mol. The van der Waals surface area contributed by atoms with E-state index in [9.17, 15) is 4.79 Å². The monoisotopic (exact) mass is 288 g/mol. The van der Waals surface area contributed by atoms with Crippen LogP contribution in [-0.4, -0.2) is 5.91 Å². The highest BCUT2D eigenvalue weighted by Crippen LogP contribution is 2.17. The van der Waals surface area contributed by atoms with Gasteiger partial charge < -0.3 is 10.6 Å². The van der Waals surface area contributed by atoms with Gasteiger partial charge in [0.1, 0.15) is 0 Å². The van der Waals surface area contributed by atoms with Gasteiger partial charge in [0.15, 0.2) is 0 Å². The molecule has 1 atom stereocenters. The van der Waals surface area contributed by atoms with Crippen molar-refractivity contribution in [3.63, 3.8) is 0 Å². The Labute approximate surface area is 124 Å².